The summed E-state index contributed by atoms with van der Waals surface area (Å²) in [5.74, 6) is -0.888. The second-order valence-corrected chi connectivity index (χ2v) is 7.91. The molecule has 0 saturated heterocycles. The van der Waals surface area contributed by atoms with E-state index in [0.29, 0.717) is 13.0 Å². The lowest BCUT2D eigenvalue weighted by Crippen LogP contribution is -2.45. The van der Waals surface area contributed by atoms with Crippen molar-refractivity contribution in [3.63, 3.8) is 0 Å². The summed E-state index contributed by atoms with van der Waals surface area (Å²) < 4.78 is 0. The molecule has 160 valence electrons. The van der Waals surface area contributed by atoms with E-state index in [9.17, 15) is 19.7 Å². The molecule has 9 heteroatoms. The van der Waals surface area contributed by atoms with E-state index < -0.39 is 16.9 Å². The fourth-order valence-corrected chi connectivity index (χ4v) is 3.68. The van der Waals surface area contributed by atoms with Crippen molar-refractivity contribution in [2.45, 2.75) is 26.3 Å². The second kappa shape index (κ2) is 9.94. The van der Waals surface area contributed by atoms with E-state index in [4.69, 9.17) is 0 Å². The summed E-state index contributed by atoms with van der Waals surface area (Å²) >= 11 is 1.55. The molecule has 1 unspecified atom stereocenters. The largest absolute Gasteiger partial charge is 0.354 e. The van der Waals surface area contributed by atoms with Crippen LogP contribution in [0.5, 0.6) is 0 Å². The Kier molecular flexibility index (Phi) is 7.09. The first kappa shape index (κ1) is 22.1. The molecule has 0 fully saturated rings. The maximum Gasteiger partial charge on any atom is 0.270 e. The molecule has 31 heavy (non-hydrogen) atoms. The van der Waals surface area contributed by atoms with Crippen LogP contribution in [0.1, 0.15) is 28.5 Å². The lowest BCUT2D eigenvalue weighted by atomic mass is 10.1. The van der Waals surface area contributed by atoms with Gasteiger partial charge in [0.05, 0.1) is 10.6 Å². The summed E-state index contributed by atoms with van der Waals surface area (Å²) in [5.41, 5.74) is 3.07. The van der Waals surface area contributed by atoms with Crippen molar-refractivity contribution in [2.75, 3.05) is 6.54 Å². The highest BCUT2D eigenvalue weighted by Crippen LogP contribution is 2.24. The van der Waals surface area contributed by atoms with Crippen LogP contribution in [0.25, 0.3) is 10.6 Å². The maximum atomic E-state index is 12.3. The van der Waals surface area contributed by atoms with Crippen molar-refractivity contribution in [2.24, 2.45) is 0 Å². The first-order valence-corrected chi connectivity index (χ1v) is 10.6. The Morgan fingerprint density at radius 1 is 1.19 bits per heavy atom. The molecule has 3 aromatic rings. The molecule has 0 aliphatic rings. The van der Waals surface area contributed by atoms with Crippen LogP contribution in [0.3, 0.4) is 0 Å². The molecule has 0 aliphatic heterocycles. The molecular weight excluding hydrogens is 416 g/mol. The summed E-state index contributed by atoms with van der Waals surface area (Å²) in [5, 5.41) is 19.1. The van der Waals surface area contributed by atoms with Crippen LogP contribution in [0.15, 0.2) is 53.9 Å². The van der Waals surface area contributed by atoms with E-state index in [1.807, 2.05) is 36.6 Å². The van der Waals surface area contributed by atoms with Crippen molar-refractivity contribution in [1.82, 2.24) is 15.6 Å². The number of amides is 2. The number of nitro benzene ring substituents is 1. The molecule has 0 aliphatic carbocycles. The van der Waals surface area contributed by atoms with Crippen LogP contribution in [0.4, 0.5) is 5.69 Å². The van der Waals surface area contributed by atoms with Crippen LogP contribution < -0.4 is 10.6 Å². The topological polar surface area (TPSA) is 114 Å². The van der Waals surface area contributed by atoms with E-state index >= 15 is 0 Å². The number of aryl methyl sites for hydroxylation is 1. The van der Waals surface area contributed by atoms with Crippen LogP contribution in [0, 0.1) is 17.0 Å². The molecule has 2 amide bonds. The number of carbonyl (C=O) groups excluding carboxylic acids is 2. The number of carbonyl (C=O) groups is 2. The number of rotatable bonds is 8. The normalized spacial score (nSPS) is 11.5. The minimum Gasteiger partial charge on any atom is -0.354 e. The first-order chi connectivity index (χ1) is 14.8. The van der Waals surface area contributed by atoms with Crippen LogP contribution in [-0.2, 0) is 11.2 Å². The average Bonchev–Trinajstić information content (AvgIpc) is 3.23. The highest BCUT2D eigenvalue weighted by molar-refractivity contribution is 7.13. The first-order valence-electron chi connectivity index (χ1n) is 9.68. The van der Waals surface area contributed by atoms with Gasteiger partial charge in [-0.2, -0.15) is 0 Å². The number of non-ortho nitro benzene ring substituents is 1. The van der Waals surface area contributed by atoms with Crippen LogP contribution in [-0.4, -0.2) is 34.3 Å². The van der Waals surface area contributed by atoms with Gasteiger partial charge in [0, 0.05) is 41.6 Å². The molecule has 2 aromatic carbocycles. The van der Waals surface area contributed by atoms with Crippen LogP contribution >= 0.6 is 11.3 Å². The van der Waals surface area contributed by atoms with Gasteiger partial charge in [-0.05, 0) is 19.9 Å². The number of nitro groups is 1. The standard InChI is InChI=1S/C22H22N4O4S/c1-14-6-8-16(9-7-14)22-25-18(13-31-22)10-11-23-20(27)15(2)24-21(28)17-4-3-5-19(12-17)26(29)30/h3-9,12-13,15H,10-11H2,1-2H3,(H,23,27)(H,24,28). The zero-order valence-corrected chi connectivity index (χ0v) is 17.9. The Morgan fingerprint density at radius 2 is 1.94 bits per heavy atom. The Balaban J connectivity index is 1.48. The Morgan fingerprint density at radius 3 is 2.65 bits per heavy atom. The molecule has 0 radical (unpaired) electrons. The van der Waals surface area contributed by atoms with E-state index in [1.54, 1.807) is 18.3 Å². The van der Waals surface area contributed by atoms with Crippen molar-refractivity contribution in [3.8, 4) is 10.6 Å². The van der Waals surface area contributed by atoms with Gasteiger partial charge in [0.2, 0.25) is 5.91 Å². The predicted octanol–water partition coefficient (Wildman–Crippen LogP) is 3.50. The Bertz CT molecular complexity index is 1090. The third-order valence-corrected chi connectivity index (χ3v) is 5.53. The van der Waals surface area contributed by atoms with Gasteiger partial charge in [-0.3, -0.25) is 19.7 Å². The number of nitrogens with zero attached hydrogens (tertiary/aromatic N) is 2. The third kappa shape index (κ3) is 5.95. The fourth-order valence-electron chi connectivity index (χ4n) is 2.82. The Hall–Kier alpha value is -3.59. The average molecular weight is 439 g/mol. The summed E-state index contributed by atoms with van der Waals surface area (Å²) in [6, 6.07) is 12.7. The van der Waals surface area contributed by atoms with E-state index in [-0.39, 0.29) is 17.2 Å². The van der Waals surface area contributed by atoms with Gasteiger partial charge in [0.1, 0.15) is 11.0 Å². The zero-order valence-electron chi connectivity index (χ0n) is 17.1. The molecule has 0 bridgehead atoms. The lowest BCUT2D eigenvalue weighted by Gasteiger charge is -2.14. The van der Waals surface area contributed by atoms with Gasteiger partial charge in [-0.1, -0.05) is 35.9 Å². The molecule has 0 spiro atoms. The van der Waals surface area contributed by atoms with E-state index in [2.05, 4.69) is 15.6 Å². The van der Waals surface area contributed by atoms with Gasteiger partial charge in [0.25, 0.3) is 11.6 Å². The van der Waals surface area contributed by atoms with Crippen LogP contribution in [0.2, 0.25) is 0 Å². The number of hydrogen-bond acceptors (Lipinski definition) is 6. The highest BCUT2D eigenvalue weighted by Gasteiger charge is 2.18. The van der Waals surface area contributed by atoms with Gasteiger partial charge < -0.3 is 10.6 Å². The summed E-state index contributed by atoms with van der Waals surface area (Å²) in [7, 11) is 0. The summed E-state index contributed by atoms with van der Waals surface area (Å²) in [6.45, 7) is 3.97. The lowest BCUT2D eigenvalue weighted by molar-refractivity contribution is -0.384. The predicted molar refractivity (Wildman–Crippen MR) is 119 cm³/mol. The smallest absolute Gasteiger partial charge is 0.270 e. The number of nitrogens with one attached hydrogen (secondary N) is 2. The molecule has 1 atom stereocenters. The third-order valence-electron chi connectivity index (χ3n) is 4.59. The maximum absolute atomic E-state index is 12.3. The van der Waals surface area contributed by atoms with Crippen molar-refractivity contribution < 1.29 is 14.5 Å². The minimum atomic E-state index is -0.787. The number of hydrogen-bond donors (Lipinski definition) is 2. The summed E-state index contributed by atoms with van der Waals surface area (Å²) in [6.07, 6.45) is 0.569. The van der Waals surface area contributed by atoms with Gasteiger partial charge in [-0.15, -0.1) is 11.3 Å². The SMILES string of the molecule is Cc1ccc(-c2nc(CCNC(=O)C(C)NC(=O)c3cccc([N+](=O)[O-])c3)cs2)cc1. The van der Waals surface area contributed by atoms with Gasteiger partial charge in [-0.25, -0.2) is 4.98 Å². The molecule has 8 nitrogen and oxygen atoms in total. The molecule has 1 aromatic heterocycles. The van der Waals surface area contributed by atoms with Crippen molar-refractivity contribution in [3.05, 3.63) is 80.8 Å². The molecule has 1 heterocycles. The monoisotopic (exact) mass is 438 g/mol. The number of aromatic nitrogens is 1. The Labute approximate surface area is 183 Å². The van der Waals surface area contributed by atoms with Crippen molar-refractivity contribution in [1.29, 1.82) is 0 Å². The van der Waals surface area contributed by atoms with E-state index in [1.165, 1.54) is 29.8 Å². The van der Waals surface area contributed by atoms with Crippen molar-refractivity contribution >= 4 is 28.8 Å². The fraction of sp³-hybridized carbons (Fsp3) is 0.227. The number of benzene rings is 2. The zero-order chi connectivity index (χ0) is 22.4. The summed E-state index contributed by atoms with van der Waals surface area (Å²) in [4.78, 5) is 39.4. The molecule has 3 rings (SSSR count). The molecular formula is C22H22N4O4S. The quantitative estimate of drug-likeness (QED) is 0.413. The number of thiazole rings is 1. The highest BCUT2D eigenvalue weighted by atomic mass is 32.1. The molecule has 0 saturated carbocycles. The second-order valence-electron chi connectivity index (χ2n) is 7.05. The van der Waals surface area contributed by atoms with Gasteiger partial charge >= 0.3 is 0 Å². The van der Waals surface area contributed by atoms with Gasteiger partial charge in [0.15, 0.2) is 0 Å². The van der Waals surface area contributed by atoms with E-state index in [0.717, 1.165) is 16.3 Å². The minimum absolute atomic E-state index is 0.125. The molecule has 2 N–H and O–H groups in total.